The molecule has 0 aliphatic carbocycles. The molecule has 1 aromatic heterocycles. The van der Waals surface area contributed by atoms with Crippen LogP contribution in [-0.4, -0.2) is 19.3 Å². The monoisotopic (exact) mass is 454 g/mol. The highest BCUT2D eigenvalue weighted by molar-refractivity contribution is 7.91. The van der Waals surface area contributed by atoms with Gasteiger partial charge in [-0.25, -0.2) is 21.6 Å². The molecule has 30 heavy (non-hydrogen) atoms. The molecule has 0 saturated heterocycles. The zero-order valence-corrected chi connectivity index (χ0v) is 16.9. The third-order valence-electron chi connectivity index (χ3n) is 4.38. The third-order valence-corrected chi connectivity index (χ3v) is 6.98. The molecular formula is C20H14ClF3N2O3S. The van der Waals surface area contributed by atoms with E-state index in [1.807, 2.05) is 0 Å². The van der Waals surface area contributed by atoms with E-state index >= 15 is 0 Å². The minimum Gasteiger partial charge on any atom is -0.322 e. The van der Waals surface area contributed by atoms with Gasteiger partial charge in [0.05, 0.1) is 15.2 Å². The van der Waals surface area contributed by atoms with Crippen LogP contribution in [0.3, 0.4) is 0 Å². The summed E-state index contributed by atoms with van der Waals surface area (Å²) in [4.78, 5) is 16.0. The van der Waals surface area contributed by atoms with Gasteiger partial charge in [0.1, 0.15) is 0 Å². The summed E-state index contributed by atoms with van der Waals surface area (Å²) in [5.74, 6) is -5.48. The molecule has 1 unspecified atom stereocenters. The Morgan fingerprint density at radius 2 is 1.63 bits per heavy atom. The molecular weight excluding hydrogens is 441 g/mol. The number of benzene rings is 2. The Morgan fingerprint density at radius 3 is 2.23 bits per heavy atom. The van der Waals surface area contributed by atoms with Gasteiger partial charge in [0.25, 0.3) is 5.91 Å². The van der Waals surface area contributed by atoms with Crippen LogP contribution in [0.5, 0.6) is 0 Å². The molecule has 3 rings (SSSR count). The first-order chi connectivity index (χ1) is 14.1. The fraction of sp³-hybridized carbons (Fsp3) is 0.100. The fourth-order valence-corrected chi connectivity index (χ4v) is 4.67. The first-order valence-electron chi connectivity index (χ1n) is 8.50. The summed E-state index contributed by atoms with van der Waals surface area (Å²) in [7, 11) is -3.98. The molecule has 1 N–H and O–H groups in total. The zero-order chi connectivity index (χ0) is 22.1. The number of pyridine rings is 1. The summed E-state index contributed by atoms with van der Waals surface area (Å²) in [6, 6.07) is 7.86. The second-order valence-corrected chi connectivity index (χ2v) is 8.97. The number of aromatic nitrogens is 1. The fourth-order valence-electron chi connectivity index (χ4n) is 2.70. The molecule has 0 bridgehead atoms. The summed E-state index contributed by atoms with van der Waals surface area (Å²) in [5.41, 5.74) is 0.0270. The highest BCUT2D eigenvalue weighted by Crippen LogP contribution is 2.33. The van der Waals surface area contributed by atoms with Crippen molar-refractivity contribution in [2.24, 2.45) is 0 Å². The maximum absolute atomic E-state index is 13.3. The lowest BCUT2D eigenvalue weighted by atomic mass is 10.2. The molecule has 0 radical (unpaired) electrons. The van der Waals surface area contributed by atoms with Crippen LogP contribution in [0.2, 0.25) is 5.02 Å². The number of hydrogen-bond acceptors (Lipinski definition) is 4. The van der Waals surface area contributed by atoms with E-state index in [1.165, 1.54) is 31.5 Å². The summed E-state index contributed by atoms with van der Waals surface area (Å²) in [5, 5.41) is 1.13. The average molecular weight is 455 g/mol. The van der Waals surface area contributed by atoms with Crippen molar-refractivity contribution in [3.63, 3.8) is 0 Å². The second kappa shape index (κ2) is 8.45. The molecule has 1 atom stereocenters. The first kappa shape index (κ1) is 21.8. The van der Waals surface area contributed by atoms with E-state index in [0.717, 1.165) is 6.07 Å². The zero-order valence-electron chi connectivity index (χ0n) is 15.4. The average Bonchev–Trinajstić information content (AvgIpc) is 2.72. The molecule has 2 aromatic carbocycles. The predicted molar refractivity (Wildman–Crippen MR) is 106 cm³/mol. The molecule has 0 aliphatic rings. The summed E-state index contributed by atoms with van der Waals surface area (Å²) in [6.07, 6.45) is 2.90. The Morgan fingerprint density at radius 1 is 1.03 bits per heavy atom. The second-order valence-electron chi connectivity index (χ2n) is 6.32. The van der Waals surface area contributed by atoms with E-state index in [-0.39, 0.29) is 21.2 Å². The van der Waals surface area contributed by atoms with Gasteiger partial charge in [-0.2, -0.15) is 0 Å². The maximum Gasteiger partial charge on any atom is 0.255 e. The van der Waals surface area contributed by atoms with Crippen LogP contribution in [0.1, 0.15) is 28.1 Å². The quantitative estimate of drug-likeness (QED) is 0.554. The van der Waals surface area contributed by atoms with Crippen LogP contribution in [0.25, 0.3) is 0 Å². The summed E-state index contributed by atoms with van der Waals surface area (Å²) >= 11 is 6.07. The Kier molecular flexibility index (Phi) is 6.14. The molecule has 0 aliphatic heterocycles. The molecule has 0 saturated carbocycles. The smallest absolute Gasteiger partial charge is 0.255 e. The van der Waals surface area contributed by atoms with Crippen molar-refractivity contribution >= 4 is 33.0 Å². The van der Waals surface area contributed by atoms with Gasteiger partial charge in [0.2, 0.25) is 0 Å². The van der Waals surface area contributed by atoms with Gasteiger partial charge in [-0.3, -0.25) is 9.78 Å². The van der Waals surface area contributed by atoms with Gasteiger partial charge in [-0.1, -0.05) is 11.6 Å². The van der Waals surface area contributed by atoms with Crippen LogP contribution in [0.15, 0.2) is 59.8 Å². The number of amides is 1. The van der Waals surface area contributed by atoms with Crippen LogP contribution in [0, 0.1) is 17.5 Å². The molecule has 0 fully saturated rings. The van der Waals surface area contributed by atoms with Crippen LogP contribution >= 0.6 is 11.6 Å². The van der Waals surface area contributed by atoms with Gasteiger partial charge in [0.15, 0.2) is 27.3 Å². The van der Waals surface area contributed by atoms with E-state index < -0.39 is 38.4 Å². The van der Waals surface area contributed by atoms with Gasteiger partial charge in [-0.05, 0) is 42.8 Å². The van der Waals surface area contributed by atoms with Crippen molar-refractivity contribution in [1.29, 1.82) is 0 Å². The molecule has 3 aromatic rings. The van der Waals surface area contributed by atoms with Crippen molar-refractivity contribution in [2.75, 3.05) is 5.32 Å². The minimum atomic E-state index is -3.98. The summed E-state index contributed by atoms with van der Waals surface area (Å²) < 4.78 is 65.8. The molecule has 156 valence electrons. The highest BCUT2D eigenvalue weighted by Gasteiger charge is 2.28. The Balaban J connectivity index is 1.94. The van der Waals surface area contributed by atoms with Gasteiger partial charge in [-0.15, -0.1) is 0 Å². The van der Waals surface area contributed by atoms with Crippen LogP contribution in [-0.2, 0) is 9.84 Å². The molecule has 0 spiro atoms. The number of carbonyl (C=O) groups is 1. The predicted octanol–water partition coefficient (Wildman–Crippen LogP) is 4.94. The molecule has 10 heteroatoms. The minimum absolute atomic E-state index is 0.0914. The van der Waals surface area contributed by atoms with Crippen LogP contribution < -0.4 is 5.32 Å². The Bertz CT molecular complexity index is 1200. The normalized spacial score (nSPS) is 12.4. The number of sulfone groups is 1. The van der Waals surface area contributed by atoms with E-state index in [9.17, 15) is 26.4 Å². The number of rotatable bonds is 5. The molecule has 5 nitrogen and oxygen atoms in total. The van der Waals surface area contributed by atoms with Crippen molar-refractivity contribution in [3.8, 4) is 0 Å². The Labute approximate surface area is 175 Å². The lowest BCUT2D eigenvalue weighted by Crippen LogP contribution is -2.15. The van der Waals surface area contributed by atoms with Gasteiger partial charge >= 0.3 is 0 Å². The van der Waals surface area contributed by atoms with Crippen molar-refractivity contribution in [2.45, 2.75) is 17.1 Å². The first-order valence-corrected chi connectivity index (χ1v) is 10.4. The lowest BCUT2D eigenvalue weighted by molar-refractivity contribution is 0.102. The lowest BCUT2D eigenvalue weighted by Gasteiger charge is -2.15. The van der Waals surface area contributed by atoms with E-state index in [2.05, 4.69) is 10.3 Å². The number of nitrogens with zero attached hydrogens (tertiary/aromatic N) is 1. The third kappa shape index (κ3) is 4.31. The maximum atomic E-state index is 13.3. The van der Waals surface area contributed by atoms with E-state index in [0.29, 0.717) is 17.7 Å². The Hall–Kier alpha value is -2.91. The van der Waals surface area contributed by atoms with E-state index in [4.69, 9.17) is 11.6 Å². The number of hydrogen-bond donors (Lipinski definition) is 1. The van der Waals surface area contributed by atoms with E-state index in [1.54, 1.807) is 12.1 Å². The number of anilines is 1. The van der Waals surface area contributed by atoms with Crippen molar-refractivity contribution < 1.29 is 26.4 Å². The largest absolute Gasteiger partial charge is 0.322 e. The number of carbonyl (C=O) groups excluding carboxylic acids is 1. The molecule has 1 heterocycles. The standard InChI is InChI=1S/C20H14ClF3N2O3S/c1-11(12-4-6-25-7-5-12)30(28,29)18-8-13(2-3-15(18)21)20(27)26-14-9-16(22)19(24)17(23)10-14/h2-11H,1H3,(H,26,27). The molecule has 1 amide bonds. The summed E-state index contributed by atoms with van der Waals surface area (Å²) in [6.45, 7) is 1.47. The van der Waals surface area contributed by atoms with Crippen LogP contribution in [0.4, 0.5) is 18.9 Å². The van der Waals surface area contributed by atoms with Gasteiger partial charge < -0.3 is 5.32 Å². The topological polar surface area (TPSA) is 76.1 Å². The van der Waals surface area contributed by atoms with Crippen molar-refractivity contribution in [3.05, 3.63) is 88.5 Å². The van der Waals surface area contributed by atoms with Crippen molar-refractivity contribution in [1.82, 2.24) is 4.98 Å². The number of halogens is 4. The number of nitrogens with one attached hydrogen (secondary N) is 1. The van der Waals surface area contributed by atoms with Gasteiger partial charge in [0, 0.05) is 35.8 Å². The SMILES string of the molecule is CC(c1ccncc1)S(=O)(=O)c1cc(C(=O)Nc2cc(F)c(F)c(F)c2)ccc1Cl. The highest BCUT2D eigenvalue weighted by atomic mass is 35.5.